The van der Waals surface area contributed by atoms with Crippen LogP contribution in [0.3, 0.4) is 0 Å². The van der Waals surface area contributed by atoms with Crippen LogP contribution in [0.25, 0.3) is 5.57 Å². The highest BCUT2D eigenvalue weighted by atomic mass is 32.2. The number of rotatable bonds is 4. The fourth-order valence-corrected chi connectivity index (χ4v) is 5.76. The van der Waals surface area contributed by atoms with Gasteiger partial charge in [-0.05, 0) is 61.5 Å². The number of anilines is 2. The maximum atomic E-state index is 14.0. The summed E-state index contributed by atoms with van der Waals surface area (Å²) in [4.78, 5) is 36.6. The Morgan fingerprint density at radius 3 is 2.05 bits per heavy atom. The van der Waals surface area contributed by atoms with Gasteiger partial charge in [-0.25, -0.2) is 4.99 Å². The van der Waals surface area contributed by atoms with E-state index in [4.69, 9.17) is 4.99 Å². The lowest BCUT2D eigenvalue weighted by Gasteiger charge is -2.17. The number of hydrogen-bond donors (Lipinski definition) is 0. The van der Waals surface area contributed by atoms with Gasteiger partial charge in [-0.15, -0.1) is 0 Å². The van der Waals surface area contributed by atoms with E-state index in [0.717, 1.165) is 39.3 Å². The van der Waals surface area contributed by atoms with Gasteiger partial charge in [0.05, 0.1) is 34.1 Å². The number of carbonyl (C=O) groups is 2. The summed E-state index contributed by atoms with van der Waals surface area (Å²) < 4.78 is 0. The number of amides is 2. The van der Waals surface area contributed by atoms with Crippen LogP contribution in [0.1, 0.15) is 22.3 Å². The third-order valence-electron chi connectivity index (χ3n) is 6.67. The fraction of sp³-hybridized carbons (Fsp3) is 0.0938. The molecule has 1 fully saturated rings. The summed E-state index contributed by atoms with van der Waals surface area (Å²) >= 11 is 1.26. The number of para-hydroxylation sites is 1. The van der Waals surface area contributed by atoms with Gasteiger partial charge in [0.15, 0.2) is 5.17 Å². The Hall–Kier alpha value is -4.42. The zero-order valence-corrected chi connectivity index (χ0v) is 21.9. The van der Waals surface area contributed by atoms with Gasteiger partial charge in [0.25, 0.3) is 11.8 Å². The van der Waals surface area contributed by atoms with Gasteiger partial charge in [0.1, 0.15) is 0 Å². The predicted octanol–water partition coefficient (Wildman–Crippen LogP) is 7.03. The third-order valence-corrected chi connectivity index (χ3v) is 7.71. The average Bonchev–Trinajstić information content (AvgIpc) is 3.39. The molecule has 4 aromatic rings. The molecule has 0 bridgehead atoms. The summed E-state index contributed by atoms with van der Waals surface area (Å²) in [5, 5.41) is 0.525. The number of aryl methyl sites for hydroxylation is 2. The maximum absolute atomic E-state index is 14.0. The predicted molar refractivity (Wildman–Crippen MR) is 156 cm³/mol. The summed E-state index contributed by atoms with van der Waals surface area (Å²) in [6, 6.07) is 33.2. The van der Waals surface area contributed by atoms with Crippen LogP contribution in [0.4, 0.5) is 17.1 Å². The molecule has 186 valence electrons. The van der Waals surface area contributed by atoms with E-state index in [9.17, 15) is 9.59 Å². The molecule has 6 rings (SSSR count). The molecule has 5 nitrogen and oxygen atoms in total. The average molecular weight is 516 g/mol. The maximum Gasteiger partial charge on any atom is 0.272 e. The third kappa shape index (κ3) is 4.33. The number of nitrogens with zero attached hydrogens (tertiary/aromatic N) is 3. The Morgan fingerprint density at radius 2 is 1.34 bits per heavy atom. The summed E-state index contributed by atoms with van der Waals surface area (Å²) in [6.07, 6.45) is 0. The van der Waals surface area contributed by atoms with E-state index in [1.807, 2.05) is 117 Å². The first kappa shape index (κ1) is 23.9. The van der Waals surface area contributed by atoms with Crippen LogP contribution in [0.2, 0.25) is 0 Å². The first-order valence-corrected chi connectivity index (χ1v) is 13.2. The van der Waals surface area contributed by atoms with Gasteiger partial charge in [-0.1, -0.05) is 83.9 Å². The highest BCUT2D eigenvalue weighted by molar-refractivity contribution is 8.19. The van der Waals surface area contributed by atoms with E-state index in [-0.39, 0.29) is 11.8 Å². The van der Waals surface area contributed by atoms with Crippen LogP contribution in [-0.2, 0) is 16.1 Å². The van der Waals surface area contributed by atoms with Crippen molar-refractivity contribution in [2.24, 2.45) is 4.99 Å². The largest absolute Gasteiger partial charge is 0.303 e. The lowest BCUT2D eigenvalue weighted by atomic mass is 10.1. The van der Waals surface area contributed by atoms with Gasteiger partial charge in [0, 0.05) is 5.56 Å². The number of hydrogen-bond acceptors (Lipinski definition) is 4. The van der Waals surface area contributed by atoms with Crippen molar-refractivity contribution in [1.29, 1.82) is 0 Å². The van der Waals surface area contributed by atoms with E-state index < -0.39 is 0 Å². The Balaban J connectivity index is 1.48. The summed E-state index contributed by atoms with van der Waals surface area (Å²) in [5.74, 6) is -0.421. The molecule has 2 aliphatic rings. The first-order chi connectivity index (χ1) is 18.5. The second kappa shape index (κ2) is 9.80. The van der Waals surface area contributed by atoms with Crippen molar-refractivity contribution in [1.82, 2.24) is 0 Å². The quantitative estimate of drug-likeness (QED) is 0.274. The zero-order chi connectivity index (χ0) is 26.2. The van der Waals surface area contributed by atoms with E-state index >= 15 is 0 Å². The molecule has 2 aliphatic heterocycles. The SMILES string of the molecule is Cc1ccc(N=C2SC(=C3C(=O)N(Cc4ccccc4)c4ccccc43)C(=O)N2c2ccc(C)cc2)cc1. The fourth-order valence-electron chi connectivity index (χ4n) is 4.67. The van der Waals surface area contributed by atoms with E-state index in [0.29, 0.717) is 22.2 Å². The zero-order valence-electron chi connectivity index (χ0n) is 21.1. The highest BCUT2D eigenvalue weighted by Crippen LogP contribution is 2.46. The number of amidine groups is 1. The van der Waals surface area contributed by atoms with Crippen molar-refractivity contribution in [3.8, 4) is 0 Å². The Labute approximate surface area is 226 Å². The van der Waals surface area contributed by atoms with Gasteiger partial charge in [0.2, 0.25) is 0 Å². The molecule has 2 heterocycles. The number of benzene rings is 4. The normalized spacial score (nSPS) is 18.0. The molecule has 0 aromatic heterocycles. The molecule has 0 spiro atoms. The summed E-state index contributed by atoms with van der Waals surface area (Å²) in [7, 11) is 0. The van der Waals surface area contributed by atoms with Crippen molar-refractivity contribution in [2.45, 2.75) is 20.4 Å². The minimum absolute atomic E-state index is 0.175. The summed E-state index contributed by atoms with van der Waals surface area (Å²) in [6.45, 7) is 4.46. The van der Waals surface area contributed by atoms with E-state index in [1.54, 1.807) is 9.80 Å². The van der Waals surface area contributed by atoms with Crippen molar-refractivity contribution >= 4 is 51.4 Å². The van der Waals surface area contributed by atoms with Gasteiger partial charge in [-0.3, -0.25) is 14.5 Å². The standard InChI is InChI=1S/C32H25N3O2S/c1-21-12-16-24(17-13-21)33-32-35(25-18-14-22(2)15-19-25)31(37)29(38-32)28-26-10-6-7-11-27(26)34(30(28)36)20-23-8-4-3-5-9-23/h3-19H,20H2,1-2H3. The molecule has 0 aliphatic carbocycles. The Kier molecular flexibility index (Phi) is 6.18. The smallest absolute Gasteiger partial charge is 0.272 e. The molecule has 1 saturated heterocycles. The Morgan fingerprint density at radius 1 is 0.711 bits per heavy atom. The minimum atomic E-state index is -0.246. The molecule has 6 heteroatoms. The molecule has 0 atom stereocenters. The van der Waals surface area contributed by atoms with Gasteiger partial charge < -0.3 is 4.90 Å². The second-order valence-electron chi connectivity index (χ2n) is 9.41. The van der Waals surface area contributed by atoms with Crippen LogP contribution in [-0.4, -0.2) is 17.0 Å². The van der Waals surface area contributed by atoms with E-state index in [2.05, 4.69) is 0 Å². The first-order valence-electron chi connectivity index (χ1n) is 12.4. The van der Waals surface area contributed by atoms with Crippen molar-refractivity contribution in [3.05, 3.63) is 130 Å². The number of carbonyl (C=O) groups excluding carboxylic acids is 2. The molecule has 0 N–H and O–H groups in total. The monoisotopic (exact) mass is 515 g/mol. The van der Waals surface area contributed by atoms with Crippen molar-refractivity contribution in [3.63, 3.8) is 0 Å². The minimum Gasteiger partial charge on any atom is -0.303 e. The molecule has 2 amide bonds. The van der Waals surface area contributed by atoms with Crippen LogP contribution >= 0.6 is 11.8 Å². The molecule has 4 aromatic carbocycles. The number of fused-ring (bicyclic) bond motifs is 1. The molecule has 0 unspecified atom stereocenters. The number of aliphatic imine (C=N–C) groups is 1. The van der Waals surface area contributed by atoms with Crippen molar-refractivity contribution in [2.75, 3.05) is 9.80 Å². The van der Waals surface area contributed by atoms with Crippen LogP contribution in [0, 0.1) is 13.8 Å². The molecule has 38 heavy (non-hydrogen) atoms. The van der Waals surface area contributed by atoms with E-state index in [1.165, 1.54) is 11.8 Å². The van der Waals surface area contributed by atoms with Gasteiger partial charge in [-0.2, -0.15) is 0 Å². The second-order valence-corrected chi connectivity index (χ2v) is 10.4. The van der Waals surface area contributed by atoms with Crippen LogP contribution < -0.4 is 9.80 Å². The molecular formula is C32H25N3O2S. The Bertz CT molecular complexity index is 1610. The number of thioether (sulfide) groups is 1. The molecular weight excluding hydrogens is 490 g/mol. The molecule has 0 radical (unpaired) electrons. The van der Waals surface area contributed by atoms with Crippen LogP contribution in [0.5, 0.6) is 0 Å². The van der Waals surface area contributed by atoms with Crippen molar-refractivity contribution < 1.29 is 9.59 Å². The van der Waals surface area contributed by atoms with Gasteiger partial charge >= 0.3 is 0 Å². The molecule has 0 saturated carbocycles. The topological polar surface area (TPSA) is 53.0 Å². The highest BCUT2D eigenvalue weighted by Gasteiger charge is 2.43. The lowest BCUT2D eigenvalue weighted by Crippen LogP contribution is -2.30. The lowest BCUT2D eigenvalue weighted by molar-refractivity contribution is -0.115. The summed E-state index contributed by atoms with van der Waals surface area (Å²) in [5.41, 5.74) is 6.72. The van der Waals surface area contributed by atoms with Crippen LogP contribution in [0.15, 0.2) is 113 Å².